The minimum atomic E-state index is -0.537. The lowest BCUT2D eigenvalue weighted by Crippen LogP contribution is -2.22. The molecule has 4 aromatic carbocycles. The summed E-state index contributed by atoms with van der Waals surface area (Å²) in [6.45, 7) is 1.78. The molecule has 2 amide bonds. The van der Waals surface area contributed by atoms with Crippen molar-refractivity contribution in [1.82, 2.24) is 0 Å². The number of fused-ring (bicyclic) bond motifs is 1. The Morgan fingerprint density at radius 3 is 2.27 bits per heavy atom. The van der Waals surface area contributed by atoms with E-state index in [9.17, 15) is 14.0 Å². The Balaban J connectivity index is 1.35. The molecular weight excluding hydrogens is 459 g/mol. The fraction of sp³-hybridized carbons (Fsp3) is 0.0769. The highest BCUT2D eigenvalue weighted by Gasteiger charge is 2.15. The molecule has 0 bridgehead atoms. The van der Waals surface area contributed by atoms with Crippen LogP contribution in [-0.2, 0) is 4.79 Å². The fourth-order valence-corrected chi connectivity index (χ4v) is 4.27. The molecule has 0 saturated heterocycles. The Kier molecular flexibility index (Phi) is 6.96. The van der Waals surface area contributed by atoms with Gasteiger partial charge in [0.15, 0.2) is 0 Å². The summed E-state index contributed by atoms with van der Waals surface area (Å²) in [4.78, 5) is 25.9. The van der Waals surface area contributed by atoms with Gasteiger partial charge in [0.1, 0.15) is 5.82 Å². The summed E-state index contributed by atoms with van der Waals surface area (Å²) in [7, 11) is 0. The molecule has 0 aliphatic carbocycles. The molecule has 7 heteroatoms. The minimum absolute atomic E-state index is 0.0468. The first kappa shape index (κ1) is 22.8. The van der Waals surface area contributed by atoms with Crippen molar-refractivity contribution in [3.8, 4) is 0 Å². The largest absolute Gasteiger partial charge is 0.325 e. The average Bonchev–Trinajstić information content (AvgIpc) is 2.82. The van der Waals surface area contributed by atoms with Gasteiger partial charge in [0, 0.05) is 21.8 Å². The summed E-state index contributed by atoms with van der Waals surface area (Å²) in [6.07, 6.45) is 0. The highest BCUT2D eigenvalue weighted by molar-refractivity contribution is 8.00. The molecule has 0 aliphatic heterocycles. The molecular formula is C26H20ClFN2O2S. The number of rotatable bonds is 6. The molecule has 0 saturated carbocycles. The second-order valence-electron chi connectivity index (χ2n) is 7.42. The van der Waals surface area contributed by atoms with Crippen LogP contribution in [0.15, 0.2) is 89.8 Å². The Hall–Kier alpha value is -3.35. The molecule has 4 nitrogen and oxygen atoms in total. The number of hydrogen-bond acceptors (Lipinski definition) is 3. The van der Waals surface area contributed by atoms with Gasteiger partial charge in [-0.1, -0.05) is 41.9 Å². The van der Waals surface area contributed by atoms with Gasteiger partial charge in [-0.25, -0.2) is 4.39 Å². The topological polar surface area (TPSA) is 58.2 Å². The van der Waals surface area contributed by atoms with Crippen LogP contribution in [0.4, 0.5) is 15.8 Å². The number of carbonyl (C=O) groups excluding carboxylic acids is 2. The summed E-state index contributed by atoms with van der Waals surface area (Å²) >= 11 is 7.13. The molecule has 0 radical (unpaired) electrons. The first-order valence-electron chi connectivity index (χ1n) is 10.2. The Morgan fingerprint density at radius 2 is 1.55 bits per heavy atom. The molecule has 1 atom stereocenters. The maximum atomic E-state index is 13.3. The van der Waals surface area contributed by atoms with Gasteiger partial charge in [-0.15, -0.1) is 11.8 Å². The van der Waals surface area contributed by atoms with Gasteiger partial charge in [0.05, 0.1) is 10.3 Å². The van der Waals surface area contributed by atoms with Gasteiger partial charge in [-0.05, 0) is 72.3 Å². The molecule has 2 N–H and O–H groups in total. The third kappa shape index (κ3) is 5.72. The van der Waals surface area contributed by atoms with Crippen molar-refractivity contribution in [2.24, 2.45) is 0 Å². The van der Waals surface area contributed by atoms with E-state index >= 15 is 0 Å². The van der Waals surface area contributed by atoms with Gasteiger partial charge in [-0.2, -0.15) is 0 Å². The van der Waals surface area contributed by atoms with Crippen molar-refractivity contribution in [3.63, 3.8) is 0 Å². The van der Waals surface area contributed by atoms with Crippen LogP contribution in [-0.4, -0.2) is 17.1 Å². The summed E-state index contributed by atoms with van der Waals surface area (Å²) in [5.74, 6) is -0.951. The highest BCUT2D eigenvalue weighted by atomic mass is 35.5. The molecule has 0 fully saturated rings. The summed E-state index contributed by atoms with van der Waals surface area (Å²) in [6, 6.07) is 24.8. The lowest BCUT2D eigenvalue weighted by atomic mass is 10.1. The minimum Gasteiger partial charge on any atom is -0.325 e. The van der Waals surface area contributed by atoms with Crippen LogP contribution < -0.4 is 10.6 Å². The van der Waals surface area contributed by atoms with Crippen LogP contribution in [0.2, 0.25) is 5.02 Å². The second-order valence-corrected chi connectivity index (χ2v) is 9.24. The third-order valence-electron chi connectivity index (χ3n) is 4.99. The van der Waals surface area contributed by atoms with Gasteiger partial charge in [0.25, 0.3) is 5.91 Å². The third-order valence-corrected chi connectivity index (χ3v) is 6.39. The van der Waals surface area contributed by atoms with Crippen LogP contribution in [0.25, 0.3) is 10.8 Å². The van der Waals surface area contributed by atoms with E-state index in [0.29, 0.717) is 16.9 Å². The van der Waals surface area contributed by atoms with Crippen LogP contribution in [0, 0.1) is 5.82 Å². The van der Waals surface area contributed by atoms with Gasteiger partial charge in [-0.3, -0.25) is 9.59 Å². The Morgan fingerprint density at radius 1 is 0.848 bits per heavy atom. The first-order valence-corrected chi connectivity index (χ1v) is 11.5. The zero-order valence-corrected chi connectivity index (χ0v) is 19.2. The Bertz CT molecular complexity index is 1330. The van der Waals surface area contributed by atoms with E-state index in [1.165, 1.54) is 30.0 Å². The number of thioether (sulfide) groups is 1. The second kappa shape index (κ2) is 10.1. The van der Waals surface area contributed by atoms with Crippen molar-refractivity contribution in [2.45, 2.75) is 17.1 Å². The van der Waals surface area contributed by atoms with Gasteiger partial charge >= 0.3 is 0 Å². The number of carbonyl (C=O) groups is 2. The lowest BCUT2D eigenvalue weighted by molar-refractivity contribution is -0.115. The summed E-state index contributed by atoms with van der Waals surface area (Å²) in [5, 5.41) is 7.27. The predicted octanol–water partition coefficient (Wildman–Crippen LogP) is 7.00. The number of nitrogens with one attached hydrogen (secondary N) is 2. The van der Waals surface area contributed by atoms with Crippen molar-refractivity contribution in [1.29, 1.82) is 0 Å². The molecule has 166 valence electrons. The molecule has 0 aromatic heterocycles. The van der Waals surface area contributed by atoms with E-state index in [2.05, 4.69) is 10.6 Å². The molecule has 4 aromatic rings. The van der Waals surface area contributed by atoms with Gasteiger partial charge in [0.2, 0.25) is 5.91 Å². The molecule has 1 unspecified atom stereocenters. The zero-order valence-electron chi connectivity index (χ0n) is 17.6. The number of anilines is 2. The standard InChI is InChI=1S/C26H20ClFN2O2S/c1-16(25(31)30-21-10-13-24(28)23(27)15-21)33-22-11-8-20(9-12-22)29-26(32)19-7-6-17-4-2-3-5-18(17)14-19/h2-16H,1H3,(H,29,32)(H,30,31). The maximum absolute atomic E-state index is 13.3. The predicted molar refractivity (Wildman–Crippen MR) is 134 cm³/mol. The monoisotopic (exact) mass is 478 g/mol. The van der Waals surface area contributed by atoms with Crippen molar-refractivity contribution in [2.75, 3.05) is 10.6 Å². The number of hydrogen-bond donors (Lipinski definition) is 2. The molecule has 4 rings (SSSR count). The number of amides is 2. The highest BCUT2D eigenvalue weighted by Crippen LogP contribution is 2.27. The molecule has 0 heterocycles. The zero-order chi connectivity index (χ0) is 23.4. The fourth-order valence-electron chi connectivity index (χ4n) is 3.23. The molecule has 0 spiro atoms. The van der Waals surface area contributed by atoms with Crippen molar-refractivity contribution >= 4 is 57.3 Å². The van der Waals surface area contributed by atoms with Crippen molar-refractivity contribution < 1.29 is 14.0 Å². The van der Waals surface area contributed by atoms with Crippen LogP contribution in [0.1, 0.15) is 17.3 Å². The van der Waals surface area contributed by atoms with E-state index < -0.39 is 11.1 Å². The Labute approximate surface area is 200 Å². The van der Waals surface area contributed by atoms with E-state index in [1.807, 2.05) is 48.5 Å². The van der Waals surface area contributed by atoms with Crippen molar-refractivity contribution in [3.05, 3.63) is 101 Å². The maximum Gasteiger partial charge on any atom is 0.255 e. The number of halogens is 2. The van der Waals surface area contributed by atoms with E-state index in [0.717, 1.165) is 15.7 Å². The first-order chi connectivity index (χ1) is 15.9. The normalized spacial score (nSPS) is 11.7. The number of benzene rings is 4. The summed E-state index contributed by atoms with van der Waals surface area (Å²) in [5.41, 5.74) is 1.68. The molecule has 33 heavy (non-hydrogen) atoms. The SMILES string of the molecule is CC(Sc1ccc(NC(=O)c2ccc3ccccc3c2)cc1)C(=O)Nc1ccc(F)c(Cl)c1. The smallest absolute Gasteiger partial charge is 0.255 e. The van der Waals surface area contributed by atoms with Crippen LogP contribution in [0.3, 0.4) is 0 Å². The quantitative estimate of drug-likeness (QED) is 0.293. The van der Waals surface area contributed by atoms with E-state index in [1.54, 1.807) is 25.1 Å². The van der Waals surface area contributed by atoms with Gasteiger partial charge < -0.3 is 10.6 Å². The molecule has 0 aliphatic rings. The average molecular weight is 479 g/mol. The van der Waals surface area contributed by atoms with E-state index in [4.69, 9.17) is 11.6 Å². The lowest BCUT2D eigenvalue weighted by Gasteiger charge is -2.13. The summed E-state index contributed by atoms with van der Waals surface area (Å²) < 4.78 is 13.3. The van der Waals surface area contributed by atoms with Crippen LogP contribution in [0.5, 0.6) is 0 Å². The van der Waals surface area contributed by atoms with Crippen LogP contribution >= 0.6 is 23.4 Å². The van der Waals surface area contributed by atoms with E-state index in [-0.39, 0.29) is 16.8 Å².